The van der Waals surface area contributed by atoms with E-state index in [1.165, 1.54) is 5.39 Å². The number of nitrogens with zero attached hydrogens (tertiary/aromatic N) is 4. The normalized spacial score (nSPS) is 11.4. The SMILES string of the molecule is FCc1ccc(Cn2c3ccccc3c3cc(-c4nn[nH]n4)ccc32)cc1. The van der Waals surface area contributed by atoms with E-state index in [1.54, 1.807) is 0 Å². The Kier molecular flexibility index (Phi) is 3.67. The number of tetrazole rings is 1. The number of aromatic amines is 1. The zero-order chi connectivity index (χ0) is 18.2. The number of rotatable bonds is 4. The molecule has 0 radical (unpaired) electrons. The Labute approximate surface area is 154 Å². The molecule has 132 valence electrons. The fourth-order valence-corrected chi connectivity index (χ4v) is 3.56. The topological polar surface area (TPSA) is 59.4 Å². The van der Waals surface area contributed by atoms with Gasteiger partial charge in [-0.15, -0.1) is 10.2 Å². The van der Waals surface area contributed by atoms with Gasteiger partial charge in [0.1, 0.15) is 6.67 Å². The summed E-state index contributed by atoms with van der Waals surface area (Å²) in [6.07, 6.45) is 0. The minimum absolute atomic E-state index is 0.436. The lowest BCUT2D eigenvalue weighted by Gasteiger charge is -2.08. The maximum Gasteiger partial charge on any atom is 0.204 e. The third-order valence-electron chi connectivity index (χ3n) is 4.89. The summed E-state index contributed by atoms with van der Waals surface area (Å²) in [5, 5.41) is 16.6. The molecule has 5 nitrogen and oxygen atoms in total. The van der Waals surface area contributed by atoms with Gasteiger partial charge in [-0.05, 0) is 40.6 Å². The van der Waals surface area contributed by atoms with Crippen LogP contribution in [-0.2, 0) is 13.2 Å². The van der Waals surface area contributed by atoms with Gasteiger partial charge in [-0.1, -0.05) is 42.5 Å². The lowest BCUT2D eigenvalue weighted by atomic mass is 10.1. The average Bonchev–Trinajstić information content (AvgIpc) is 3.36. The molecule has 0 aliphatic heterocycles. The minimum Gasteiger partial charge on any atom is -0.336 e. The van der Waals surface area contributed by atoms with E-state index in [4.69, 9.17) is 0 Å². The first-order chi connectivity index (χ1) is 13.3. The second kappa shape index (κ2) is 6.32. The highest BCUT2D eigenvalue weighted by molar-refractivity contribution is 6.09. The van der Waals surface area contributed by atoms with E-state index in [1.807, 2.05) is 42.5 Å². The molecule has 5 rings (SSSR count). The van der Waals surface area contributed by atoms with Crippen molar-refractivity contribution < 1.29 is 4.39 Å². The molecule has 1 N–H and O–H groups in total. The van der Waals surface area contributed by atoms with Crippen molar-refractivity contribution in [2.75, 3.05) is 0 Å². The van der Waals surface area contributed by atoms with Crippen LogP contribution in [0.4, 0.5) is 4.39 Å². The number of aromatic nitrogens is 5. The molecule has 6 heteroatoms. The van der Waals surface area contributed by atoms with E-state index >= 15 is 0 Å². The molecular formula is C21H16FN5. The maximum atomic E-state index is 12.8. The number of nitrogens with one attached hydrogen (secondary N) is 1. The van der Waals surface area contributed by atoms with E-state index in [0.717, 1.165) is 34.1 Å². The van der Waals surface area contributed by atoms with Crippen molar-refractivity contribution in [3.05, 3.63) is 77.9 Å². The summed E-state index contributed by atoms with van der Waals surface area (Å²) >= 11 is 0. The first-order valence-corrected chi connectivity index (χ1v) is 8.72. The lowest BCUT2D eigenvalue weighted by molar-refractivity contribution is 0.485. The first-order valence-electron chi connectivity index (χ1n) is 8.72. The van der Waals surface area contributed by atoms with E-state index in [9.17, 15) is 4.39 Å². The molecule has 0 fully saturated rings. The van der Waals surface area contributed by atoms with Crippen LogP contribution < -0.4 is 0 Å². The van der Waals surface area contributed by atoms with Gasteiger partial charge in [0.2, 0.25) is 5.82 Å². The summed E-state index contributed by atoms with van der Waals surface area (Å²) in [6.45, 7) is 0.284. The second-order valence-electron chi connectivity index (χ2n) is 6.52. The minimum atomic E-state index is -0.436. The zero-order valence-electron chi connectivity index (χ0n) is 14.4. The highest BCUT2D eigenvalue weighted by Gasteiger charge is 2.13. The predicted octanol–water partition coefficient (Wildman–Crippen LogP) is 4.49. The van der Waals surface area contributed by atoms with Crippen LogP contribution in [0.5, 0.6) is 0 Å². The molecule has 0 saturated carbocycles. The Morgan fingerprint density at radius 3 is 2.41 bits per heavy atom. The molecule has 0 bridgehead atoms. The van der Waals surface area contributed by atoms with Crippen molar-refractivity contribution in [2.45, 2.75) is 13.2 Å². The van der Waals surface area contributed by atoms with Crippen LogP contribution in [0.3, 0.4) is 0 Å². The predicted molar refractivity (Wildman–Crippen MR) is 103 cm³/mol. The molecule has 0 spiro atoms. The molecule has 3 aromatic carbocycles. The standard InChI is InChI=1S/C21H16FN5/c22-12-14-5-7-15(8-6-14)13-27-19-4-2-1-3-17(19)18-11-16(9-10-20(18)27)21-23-25-26-24-21/h1-11H,12-13H2,(H,23,24,25,26). The quantitative estimate of drug-likeness (QED) is 0.515. The smallest absolute Gasteiger partial charge is 0.204 e. The molecule has 5 aromatic rings. The van der Waals surface area contributed by atoms with E-state index in [-0.39, 0.29) is 0 Å². The summed E-state index contributed by atoms with van der Waals surface area (Å²) in [5.74, 6) is 0.579. The molecular weight excluding hydrogens is 341 g/mol. The number of halogens is 1. The van der Waals surface area contributed by atoms with Crippen molar-refractivity contribution in [3.63, 3.8) is 0 Å². The highest BCUT2D eigenvalue weighted by atomic mass is 19.1. The van der Waals surface area contributed by atoms with Gasteiger partial charge < -0.3 is 4.57 Å². The summed E-state index contributed by atoms with van der Waals surface area (Å²) in [7, 11) is 0. The van der Waals surface area contributed by atoms with Crippen molar-refractivity contribution >= 4 is 21.8 Å². The molecule has 0 saturated heterocycles. The van der Waals surface area contributed by atoms with Gasteiger partial charge in [-0.3, -0.25) is 0 Å². The van der Waals surface area contributed by atoms with E-state index in [2.05, 4.69) is 49.5 Å². The van der Waals surface area contributed by atoms with Gasteiger partial charge in [0.15, 0.2) is 0 Å². The van der Waals surface area contributed by atoms with Crippen molar-refractivity contribution in [3.8, 4) is 11.4 Å². The number of para-hydroxylation sites is 1. The number of alkyl halides is 1. The molecule has 0 amide bonds. The van der Waals surface area contributed by atoms with E-state index in [0.29, 0.717) is 11.4 Å². The molecule has 0 atom stereocenters. The largest absolute Gasteiger partial charge is 0.336 e. The van der Waals surface area contributed by atoms with Gasteiger partial charge in [0.25, 0.3) is 0 Å². The van der Waals surface area contributed by atoms with Crippen LogP contribution in [0, 0.1) is 0 Å². The van der Waals surface area contributed by atoms with Crippen LogP contribution in [0.2, 0.25) is 0 Å². The average molecular weight is 357 g/mol. The van der Waals surface area contributed by atoms with Crippen LogP contribution in [0.25, 0.3) is 33.2 Å². The number of fused-ring (bicyclic) bond motifs is 3. The second-order valence-corrected chi connectivity index (χ2v) is 6.52. The van der Waals surface area contributed by atoms with Crippen molar-refractivity contribution in [1.29, 1.82) is 0 Å². The number of hydrogen-bond acceptors (Lipinski definition) is 3. The zero-order valence-corrected chi connectivity index (χ0v) is 14.4. The van der Waals surface area contributed by atoms with Gasteiger partial charge in [0, 0.05) is 33.9 Å². The van der Waals surface area contributed by atoms with Gasteiger partial charge in [-0.25, -0.2) is 4.39 Å². The fourth-order valence-electron chi connectivity index (χ4n) is 3.56. The fraction of sp³-hybridized carbons (Fsp3) is 0.0952. The Hall–Kier alpha value is -3.54. The molecule has 27 heavy (non-hydrogen) atoms. The molecule has 0 aliphatic rings. The summed E-state index contributed by atoms with van der Waals surface area (Å²) in [6, 6.07) is 22.2. The first kappa shape index (κ1) is 15.7. The Bertz CT molecular complexity index is 1220. The molecule has 2 aromatic heterocycles. The van der Waals surface area contributed by atoms with Crippen LogP contribution >= 0.6 is 0 Å². The Morgan fingerprint density at radius 2 is 1.63 bits per heavy atom. The maximum absolute atomic E-state index is 12.8. The summed E-state index contributed by atoms with van der Waals surface area (Å²) < 4.78 is 15.1. The molecule has 0 aliphatic carbocycles. The van der Waals surface area contributed by atoms with Crippen molar-refractivity contribution in [1.82, 2.24) is 25.2 Å². The van der Waals surface area contributed by atoms with Crippen LogP contribution in [0.15, 0.2) is 66.7 Å². The summed E-state index contributed by atoms with van der Waals surface area (Å²) in [5.41, 5.74) is 5.06. The Balaban J connectivity index is 1.68. The lowest BCUT2D eigenvalue weighted by Crippen LogP contribution is -1.99. The number of H-pyrrole nitrogens is 1. The van der Waals surface area contributed by atoms with Gasteiger partial charge in [0.05, 0.1) is 0 Å². The number of benzene rings is 3. The third-order valence-corrected chi connectivity index (χ3v) is 4.89. The highest BCUT2D eigenvalue weighted by Crippen LogP contribution is 2.32. The van der Waals surface area contributed by atoms with Crippen molar-refractivity contribution in [2.24, 2.45) is 0 Å². The van der Waals surface area contributed by atoms with Gasteiger partial charge in [-0.2, -0.15) is 5.21 Å². The van der Waals surface area contributed by atoms with E-state index < -0.39 is 6.67 Å². The van der Waals surface area contributed by atoms with Crippen LogP contribution in [-0.4, -0.2) is 25.2 Å². The molecule has 2 heterocycles. The molecule has 0 unspecified atom stereocenters. The third kappa shape index (κ3) is 2.66. The Morgan fingerprint density at radius 1 is 0.852 bits per heavy atom. The monoisotopic (exact) mass is 357 g/mol. The summed E-state index contributed by atoms with van der Waals surface area (Å²) in [4.78, 5) is 0. The van der Waals surface area contributed by atoms with Crippen LogP contribution in [0.1, 0.15) is 11.1 Å². The number of hydrogen-bond donors (Lipinski definition) is 1. The van der Waals surface area contributed by atoms with Gasteiger partial charge >= 0.3 is 0 Å².